The number of rotatable bonds is 6. The number of aryl methyl sites for hydroxylation is 2. The fourth-order valence-electron chi connectivity index (χ4n) is 3.96. The second-order valence-corrected chi connectivity index (χ2v) is 11.1. The summed E-state index contributed by atoms with van der Waals surface area (Å²) < 4.78 is 34.9. The molecule has 2 N–H and O–H groups in total. The number of methoxy groups -OCH3 is 1. The molecular formula is C25H21ClN4O3S2. The van der Waals surface area contributed by atoms with Gasteiger partial charge in [-0.2, -0.15) is 5.10 Å². The summed E-state index contributed by atoms with van der Waals surface area (Å²) >= 11 is 7.55. The van der Waals surface area contributed by atoms with Crippen molar-refractivity contribution < 1.29 is 13.2 Å². The normalized spacial score (nSPS) is 11.7. The number of ether oxygens (including phenoxy) is 1. The van der Waals surface area contributed by atoms with Crippen LogP contribution in [0.1, 0.15) is 11.4 Å². The minimum atomic E-state index is -3.91. The van der Waals surface area contributed by atoms with Crippen LogP contribution in [-0.2, 0) is 10.0 Å². The highest BCUT2D eigenvalue weighted by atomic mass is 35.5. The van der Waals surface area contributed by atoms with Crippen LogP contribution in [0.2, 0.25) is 5.02 Å². The van der Waals surface area contributed by atoms with Crippen molar-refractivity contribution in [3.63, 3.8) is 0 Å². The second kappa shape index (κ2) is 8.99. The number of anilines is 1. The highest BCUT2D eigenvalue weighted by Gasteiger charge is 2.24. The van der Waals surface area contributed by atoms with Gasteiger partial charge in [0.1, 0.15) is 10.6 Å². The van der Waals surface area contributed by atoms with Gasteiger partial charge in [0.05, 0.1) is 23.9 Å². The first-order valence-electron chi connectivity index (χ1n) is 10.6. The number of thiophene rings is 1. The Labute approximate surface area is 211 Å². The molecule has 0 bridgehead atoms. The van der Waals surface area contributed by atoms with Crippen molar-refractivity contribution in [1.82, 2.24) is 15.2 Å². The number of aromatic amines is 1. The van der Waals surface area contributed by atoms with Crippen LogP contribution >= 0.6 is 22.9 Å². The Kier molecular flexibility index (Phi) is 6.00. The van der Waals surface area contributed by atoms with Gasteiger partial charge in [-0.3, -0.25) is 9.82 Å². The Morgan fingerprint density at radius 3 is 2.60 bits per heavy atom. The number of hydrogen-bond acceptors (Lipinski definition) is 6. The van der Waals surface area contributed by atoms with E-state index in [1.807, 2.05) is 38.1 Å². The summed E-state index contributed by atoms with van der Waals surface area (Å²) in [7, 11) is -2.30. The monoisotopic (exact) mass is 524 g/mol. The zero-order valence-corrected chi connectivity index (χ0v) is 21.5. The molecule has 3 heterocycles. The molecule has 0 amide bonds. The van der Waals surface area contributed by atoms with E-state index in [1.165, 1.54) is 23.5 Å². The average molecular weight is 525 g/mol. The second-order valence-electron chi connectivity index (χ2n) is 8.00. The summed E-state index contributed by atoms with van der Waals surface area (Å²) in [5.41, 5.74) is 4.68. The minimum Gasteiger partial charge on any atom is -0.497 e. The van der Waals surface area contributed by atoms with E-state index in [0.29, 0.717) is 32.4 Å². The highest BCUT2D eigenvalue weighted by Crippen LogP contribution is 2.48. The third-order valence-corrected chi connectivity index (χ3v) is 8.29. The molecular weight excluding hydrogens is 504 g/mol. The van der Waals surface area contributed by atoms with Gasteiger partial charge < -0.3 is 4.74 Å². The van der Waals surface area contributed by atoms with E-state index in [4.69, 9.17) is 21.3 Å². The standard InChI is InChI=1S/C25H21ClN4O3S2/c1-14-10-21(30-35(31,32)19-9-5-7-17(26)12-19)23-22(16-6-4-8-18(11-16)33-3)24(34-25(23)28-14)20-13-27-29-15(20)2/h4-13H,1-3H3,(H,27,29)(H,28,30). The van der Waals surface area contributed by atoms with Gasteiger partial charge in [0, 0.05) is 37.8 Å². The van der Waals surface area contributed by atoms with Crippen molar-refractivity contribution >= 4 is 48.9 Å². The van der Waals surface area contributed by atoms with Crippen molar-refractivity contribution in [2.24, 2.45) is 0 Å². The predicted octanol–water partition coefficient (Wildman–Crippen LogP) is 6.43. The first-order valence-corrected chi connectivity index (χ1v) is 13.3. The zero-order valence-electron chi connectivity index (χ0n) is 19.1. The van der Waals surface area contributed by atoms with Crippen LogP contribution in [0, 0.1) is 13.8 Å². The molecule has 2 aromatic carbocycles. The number of sulfonamides is 1. The summed E-state index contributed by atoms with van der Waals surface area (Å²) in [5, 5.41) is 8.23. The summed E-state index contributed by atoms with van der Waals surface area (Å²) in [6, 6.07) is 15.6. The van der Waals surface area contributed by atoms with Crippen LogP contribution < -0.4 is 9.46 Å². The van der Waals surface area contributed by atoms with Gasteiger partial charge in [-0.1, -0.05) is 29.8 Å². The van der Waals surface area contributed by atoms with E-state index in [0.717, 1.165) is 27.3 Å². The smallest absolute Gasteiger partial charge is 0.261 e. The van der Waals surface area contributed by atoms with Crippen molar-refractivity contribution in [2.45, 2.75) is 18.7 Å². The first-order chi connectivity index (χ1) is 16.8. The molecule has 10 heteroatoms. The molecule has 178 valence electrons. The minimum absolute atomic E-state index is 0.0803. The van der Waals surface area contributed by atoms with Crippen molar-refractivity contribution in [2.75, 3.05) is 11.8 Å². The lowest BCUT2D eigenvalue weighted by Crippen LogP contribution is -2.13. The quantitative estimate of drug-likeness (QED) is 0.266. The molecule has 35 heavy (non-hydrogen) atoms. The number of halogens is 1. The molecule has 0 aliphatic rings. The molecule has 0 aliphatic heterocycles. The van der Waals surface area contributed by atoms with Crippen LogP contribution in [0.15, 0.2) is 65.7 Å². The van der Waals surface area contributed by atoms with Gasteiger partial charge in [0.25, 0.3) is 10.0 Å². The number of pyridine rings is 1. The van der Waals surface area contributed by atoms with E-state index in [9.17, 15) is 8.42 Å². The summed E-state index contributed by atoms with van der Waals surface area (Å²) in [6.45, 7) is 3.79. The van der Waals surface area contributed by atoms with Crippen molar-refractivity contribution in [3.05, 3.63) is 77.2 Å². The first kappa shape index (κ1) is 23.3. The number of aromatic nitrogens is 3. The Bertz CT molecular complexity index is 1680. The van der Waals surface area contributed by atoms with Gasteiger partial charge in [0.2, 0.25) is 0 Å². The number of hydrogen-bond donors (Lipinski definition) is 2. The lowest BCUT2D eigenvalue weighted by atomic mass is 9.99. The molecule has 5 aromatic rings. The van der Waals surface area contributed by atoms with E-state index in [2.05, 4.69) is 14.9 Å². The van der Waals surface area contributed by atoms with Crippen LogP contribution in [0.3, 0.4) is 0 Å². The van der Waals surface area contributed by atoms with E-state index >= 15 is 0 Å². The Morgan fingerprint density at radius 1 is 1.09 bits per heavy atom. The molecule has 0 fully saturated rings. The number of benzene rings is 2. The maximum atomic E-state index is 13.3. The van der Waals surface area contributed by atoms with Crippen molar-refractivity contribution in [3.8, 4) is 27.3 Å². The zero-order chi connectivity index (χ0) is 24.7. The third-order valence-electron chi connectivity index (χ3n) is 5.57. The number of nitrogens with one attached hydrogen (secondary N) is 2. The number of fused-ring (bicyclic) bond motifs is 1. The summed E-state index contributed by atoms with van der Waals surface area (Å²) in [6.07, 6.45) is 1.77. The average Bonchev–Trinajstić information content (AvgIpc) is 3.42. The molecule has 0 unspecified atom stereocenters. The molecule has 0 atom stereocenters. The maximum Gasteiger partial charge on any atom is 0.261 e. The summed E-state index contributed by atoms with van der Waals surface area (Å²) in [5.74, 6) is 0.692. The lowest BCUT2D eigenvalue weighted by molar-refractivity contribution is 0.415. The molecule has 0 radical (unpaired) electrons. The van der Waals surface area contributed by atoms with E-state index in [-0.39, 0.29) is 4.90 Å². The molecule has 0 saturated heterocycles. The molecule has 0 aliphatic carbocycles. The third kappa shape index (κ3) is 4.38. The van der Waals surface area contributed by atoms with Crippen LogP contribution in [-0.4, -0.2) is 30.7 Å². The Hall–Kier alpha value is -3.40. The topological polar surface area (TPSA) is 97.0 Å². The molecule has 5 rings (SSSR count). The van der Waals surface area contributed by atoms with Crippen LogP contribution in [0.4, 0.5) is 5.69 Å². The van der Waals surface area contributed by atoms with Gasteiger partial charge in [-0.15, -0.1) is 11.3 Å². The predicted molar refractivity (Wildman–Crippen MR) is 141 cm³/mol. The largest absolute Gasteiger partial charge is 0.497 e. The molecule has 0 saturated carbocycles. The number of nitrogens with zero attached hydrogens (tertiary/aromatic N) is 2. The fraction of sp³-hybridized carbons (Fsp3) is 0.120. The fourth-order valence-corrected chi connectivity index (χ4v) is 6.66. The lowest BCUT2D eigenvalue weighted by Gasteiger charge is -2.13. The maximum absolute atomic E-state index is 13.3. The Balaban J connectivity index is 1.80. The van der Waals surface area contributed by atoms with Gasteiger partial charge >= 0.3 is 0 Å². The van der Waals surface area contributed by atoms with Crippen LogP contribution in [0.25, 0.3) is 31.8 Å². The Morgan fingerprint density at radius 2 is 1.89 bits per heavy atom. The summed E-state index contributed by atoms with van der Waals surface area (Å²) in [4.78, 5) is 6.46. The van der Waals surface area contributed by atoms with E-state index < -0.39 is 10.0 Å². The molecule has 7 nitrogen and oxygen atoms in total. The molecule has 0 spiro atoms. The van der Waals surface area contributed by atoms with Gasteiger partial charge in [-0.25, -0.2) is 13.4 Å². The molecule has 3 aromatic heterocycles. The highest BCUT2D eigenvalue weighted by molar-refractivity contribution is 7.92. The van der Waals surface area contributed by atoms with Crippen LogP contribution in [0.5, 0.6) is 5.75 Å². The van der Waals surface area contributed by atoms with Gasteiger partial charge in [-0.05, 0) is 55.8 Å². The van der Waals surface area contributed by atoms with Crippen molar-refractivity contribution in [1.29, 1.82) is 0 Å². The van der Waals surface area contributed by atoms with E-state index in [1.54, 1.807) is 31.5 Å². The number of H-pyrrole nitrogens is 1. The SMILES string of the molecule is COc1cccc(-c2c(-c3cn[nH]c3C)sc3nc(C)cc(NS(=O)(=O)c4cccc(Cl)c4)c23)c1. The van der Waals surface area contributed by atoms with Gasteiger partial charge in [0.15, 0.2) is 0 Å².